The largest absolute Gasteiger partial charge is 0.464 e. The van der Waals surface area contributed by atoms with Gasteiger partial charge in [0.2, 0.25) is 0 Å². The van der Waals surface area contributed by atoms with E-state index in [9.17, 15) is 9.59 Å². The van der Waals surface area contributed by atoms with E-state index in [0.29, 0.717) is 19.8 Å². The van der Waals surface area contributed by atoms with E-state index in [1.165, 1.54) is 0 Å². The highest BCUT2D eigenvalue weighted by molar-refractivity contribution is 5.71. The first kappa shape index (κ1) is 22.8. The molecular weight excluding hydrogens is 320 g/mol. The van der Waals surface area contributed by atoms with Crippen LogP contribution >= 0.6 is 0 Å². The van der Waals surface area contributed by atoms with Crippen LogP contribution in [0.2, 0.25) is 0 Å². The fourth-order valence-electron chi connectivity index (χ4n) is 1.23. The van der Waals surface area contributed by atoms with Crippen LogP contribution < -0.4 is 0 Å². The Balaban J connectivity index is 3.23. The Morgan fingerprint density at radius 1 is 0.708 bits per heavy atom. The summed E-state index contributed by atoms with van der Waals surface area (Å²) in [6.07, 6.45) is 0. The molecule has 0 aliphatic heterocycles. The van der Waals surface area contributed by atoms with E-state index >= 15 is 0 Å². The van der Waals surface area contributed by atoms with E-state index in [1.54, 1.807) is 0 Å². The SMILES string of the molecule is [CH]COC(=O)COCCOCCOCCOCC(=O)OC([CH])([CH])[CH]. The van der Waals surface area contributed by atoms with Crippen LogP contribution in [-0.4, -0.2) is 77.0 Å². The molecule has 0 atom stereocenters. The molecule has 8 radical (unpaired) electrons. The van der Waals surface area contributed by atoms with Gasteiger partial charge < -0.3 is 28.4 Å². The molecule has 0 N–H and O–H groups in total. The minimum Gasteiger partial charge on any atom is -0.464 e. The van der Waals surface area contributed by atoms with Gasteiger partial charge in [0.15, 0.2) is 0 Å². The molecule has 134 valence electrons. The van der Waals surface area contributed by atoms with Crippen LogP contribution in [-0.2, 0) is 38.0 Å². The molecule has 8 heteroatoms. The van der Waals surface area contributed by atoms with Gasteiger partial charge in [-0.15, -0.1) is 0 Å². The van der Waals surface area contributed by atoms with Gasteiger partial charge in [-0.2, -0.15) is 0 Å². The molecule has 24 heavy (non-hydrogen) atoms. The lowest BCUT2D eigenvalue weighted by atomic mass is 10.2. The Labute approximate surface area is 143 Å². The van der Waals surface area contributed by atoms with Crippen molar-refractivity contribution in [2.75, 3.05) is 59.5 Å². The summed E-state index contributed by atoms with van der Waals surface area (Å²) < 4.78 is 29.2. The maximum absolute atomic E-state index is 11.1. The fourth-order valence-corrected chi connectivity index (χ4v) is 1.23. The molecule has 0 unspecified atom stereocenters. The Kier molecular flexibility index (Phi) is 13.4. The number of hydrogen-bond donors (Lipinski definition) is 0. The Morgan fingerprint density at radius 3 is 1.54 bits per heavy atom. The van der Waals surface area contributed by atoms with Crippen LogP contribution in [0, 0.1) is 27.7 Å². The first-order valence-electron chi connectivity index (χ1n) is 7.10. The second kappa shape index (κ2) is 14.2. The molecule has 0 spiro atoms. The summed E-state index contributed by atoms with van der Waals surface area (Å²) in [6, 6.07) is 0. The summed E-state index contributed by atoms with van der Waals surface area (Å²) in [5.41, 5.74) is -2.01. The minimum absolute atomic E-state index is 0.170. The molecule has 0 heterocycles. The van der Waals surface area contributed by atoms with Gasteiger partial charge in [-0.1, -0.05) is 0 Å². The van der Waals surface area contributed by atoms with Crippen LogP contribution in [0.3, 0.4) is 0 Å². The Bertz CT molecular complexity index is 337. The number of carbonyl (C=O) groups is 2. The summed E-state index contributed by atoms with van der Waals surface area (Å²) in [7, 11) is 0. The van der Waals surface area contributed by atoms with Crippen molar-refractivity contribution in [1.82, 2.24) is 0 Å². The Hall–Kier alpha value is -1.22. The van der Waals surface area contributed by atoms with Crippen molar-refractivity contribution in [3.05, 3.63) is 27.7 Å². The van der Waals surface area contributed by atoms with E-state index in [4.69, 9.17) is 46.6 Å². The van der Waals surface area contributed by atoms with Gasteiger partial charge in [-0.3, -0.25) is 0 Å². The lowest BCUT2D eigenvalue weighted by Gasteiger charge is -2.17. The lowest BCUT2D eigenvalue weighted by molar-refractivity contribution is -0.155. The molecule has 0 rings (SSSR count). The maximum atomic E-state index is 11.1. The molecule has 0 saturated carbocycles. The van der Waals surface area contributed by atoms with Crippen molar-refractivity contribution in [2.45, 2.75) is 5.60 Å². The van der Waals surface area contributed by atoms with Crippen LogP contribution in [0.1, 0.15) is 0 Å². The standard InChI is InChI=1S/C16H22O8/c1-5-23-14(17)12-21-10-8-19-6-7-20-9-11-22-13-15(18)24-16(2,3)4/h1-4H,5-13H2. The highest BCUT2D eigenvalue weighted by Gasteiger charge is 2.17. The van der Waals surface area contributed by atoms with Gasteiger partial charge in [0, 0.05) is 27.7 Å². The van der Waals surface area contributed by atoms with E-state index in [0.717, 1.165) is 0 Å². The molecule has 0 aromatic heterocycles. The quantitative estimate of drug-likeness (QED) is 0.297. The smallest absolute Gasteiger partial charge is 0.332 e. The monoisotopic (exact) mass is 342 g/mol. The average Bonchev–Trinajstić information content (AvgIpc) is 2.46. The molecule has 0 aromatic carbocycles. The van der Waals surface area contributed by atoms with Gasteiger partial charge in [0.1, 0.15) is 18.8 Å². The van der Waals surface area contributed by atoms with Crippen molar-refractivity contribution in [2.24, 2.45) is 0 Å². The predicted octanol–water partition coefficient (Wildman–Crippen LogP) is -0.278. The van der Waals surface area contributed by atoms with Gasteiger partial charge >= 0.3 is 11.9 Å². The normalized spacial score (nSPS) is 11.3. The van der Waals surface area contributed by atoms with E-state index in [1.807, 2.05) is 0 Å². The first-order valence-corrected chi connectivity index (χ1v) is 7.10. The molecule has 0 aliphatic rings. The number of carbonyl (C=O) groups excluding carboxylic acids is 2. The van der Waals surface area contributed by atoms with Crippen LogP contribution in [0.5, 0.6) is 0 Å². The zero-order valence-corrected chi connectivity index (χ0v) is 13.4. The molecule has 0 fully saturated rings. The zero-order chi connectivity index (χ0) is 18.3. The minimum atomic E-state index is -2.01. The van der Waals surface area contributed by atoms with Crippen LogP contribution in [0.4, 0.5) is 0 Å². The van der Waals surface area contributed by atoms with Gasteiger partial charge in [-0.05, 0) is 0 Å². The molecule has 0 aliphatic carbocycles. The summed E-state index contributed by atoms with van der Waals surface area (Å²) in [5, 5.41) is 0. The third kappa shape index (κ3) is 17.1. The number of ether oxygens (including phenoxy) is 6. The topological polar surface area (TPSA) is 89.5 Å². The van der Waals surface area contributed by atoms with Gasteiger partial charge in [0.25, 0.3) is 0 Å². The molecular formula is C16H22O8. The van der Waals surface area contributed by atoms with Crippen molar-refractivity contribution in [3.8, 4) is 0 Å². The fraction of sp³-hybridized carbons (Fsp3) is 0.625. The third-order valence-corrected chi connectivity index (χ3v) is 2.09. The Morgan fingerprint density at radius 2 is 1.12 bits per heavy atom. The van der Waals surface area contributed by atoms with E-state index in [-0.39, 0.29) is 39.6 Å². The maximum Gasteiger partial charge on any atom is 0.332 e. The number of hydrogen-bond acceptors (Lipinski definition) is 8. The van der Waals surface area contributed by atoms with Crippen molar-refractivity contribution in [1.29, 1.82) is 0 Å². The molecule has 0 amide bonds. The predicted molar refractivity (Wildman–Crippen MR) is 80.3 cm³/mol. The molecule has 0 saturated heterocycles. The van der Waals surface area contributed by atoms with Crippen molar-refractivity contribution < 1.29 is 38.0 Å². The second-order valence-corrected chi connectivity index (χ2v) is 4.34. The number of esters is 2. The molecule has 0 aromatic rings. The summed E-state index contributed by atoms with van der Waals surface area (Å²) in [5.74, 6) is -1.30. The summed E-state index contributed by atoms with van der Waals surface area (Å²) in [6.45, 7) is 21.2. The average molecular weight is 342 g/mol. The van der Waals surface area contributed by atoms with E-state index in [2.05, 4.69) is 9.47 Å². The second-order valence-electron chi connectivity index (χ2n) is 4.34. The number of rotatable bonds is 15. The molecule has 8 nitrogen and oxygen atoms in total. The van der Waals surface area contributed by atoms with Crippen LogP contribution in [0.15, 0.2) is 0 Å². The highest BCUT2D eigenvalue weighted by Crippen LogP contribution is 2.04. The highest BCUT2D eigenvalue weighted by atomic mass is 16.6. The van der Waals surface area contributed by atoms with E-state index < -0.39 is 17.5 Å². The lowest BCUT2D eigenvalue weighted by Crippen LogP contribution is -2.28. The zero-order valence-electron chi connectivity index (χ0n) is 13.4. The van der Waals surface area contributed by atoms with Crippen LogP contribution in [0.25, 0.3) is 0 Å². The molecule has 0 bridgehead atoms. The summed E-state index contributed by atoms with van der Waals surface area (Å²) in [4.78, 5) is 22.0. The summed E-state index contributed by atoms with van der Waals surface area (Å²) >= 11 is 0. The van der Waals surface area contributed by atoms with Crippen molar-refractivity contribution >= 4 is 11.9 Å². The third-order valence-electron chi connectivity index (χ3n) is 2.09. The van der Waals surface area contributed by atoms with Crippen molar-refractivity contribution in [3.63, 3.8) is 0 Å². The van der Waals surface area contributed by atoms with Gasteiger partial charge in [0.05, 0.1) is 46.2 Å². The van der Waals surface area contributed by atoms with Gasteiger partial charge in [-0.25, -0.2) is 9.59 Å². The first-order chi connectivity index (χ1) is 11.3.